The van der Waals surface area contributed by atoms with Gasteiger partial charge in [-0.15, -0.1) is 6.58 Å². The van der Waals surface area contributed by atoms with Crippen LogP contribution in [0.15, 0.2) is 55.3 Å². The fourth-order valence-corrected chi connectivity index (χ4v) is 3.77. The Labute approximate surface area is 203 Å². The average Bonchev–Trinajstić information content (AvgIpc) is 2.85. The number of nitrogens with one attached hydrogen (secondary N) is 4. The molecule has 0 spiro atoms. The number of ether oxygens (including phenoxy) is 2. The van der Waals surface area contributed by atoms with E-state index in [4.69, 9.17) is 9.47 Å². The van der Waals surface area contributed by atoms with E-state index in [9.17, 15) is 4.79 Å². The molecule has 35 heavy (non-hydrogen) atoms. The van der Waals surface area contributed by atoms with Gasteiger partial charge in [0.1, 0.15) is 23.3 Å². The van der Waals surface area contributed by atoms with Crippen LogP contribution in [0, 0.1) is 0 Å². The number of fused-ring (bicyclic) bond motifs is 1. The Kier molecular flexibility index (Phi) is 6.82. The van der Waals surface area contributed by atoms with Gasteiger partial charge in [-0.3, -0.25) is 4.79 Å². The van der Waals surface area contributed by atoms with Crippen molar-refractivity contribution >= 4 is 29.2 Å². The molecular formula is C25H27N7O3. The van der Waals surface area contributed by atoms with Crippen molar-refractivity contribution in [2.45, 2.75) is 19.1 Å². The summed E-state index contributed by atoms with van der Waals surface area (Å²) >= 11 is 0. The van der Waals surface area contributed by atoms with Gasteiger partial charge in [-0.25, -0.2) is 4.98 Å². The smallest absolute Gasteiger partial charge is 0.256 e. The third kappa shape index (κ3) is 5.56. The highest BCUT2D eigenvalue weighted by Gasteiger charge is 2.21. The normalized spacial score (nSPS) is 14.9. The third-order valence-electron chi connectivity index (χ3n) is 5.65. The van der Waals surface area contributed by atoms with Gasteiger partial charge < -0.3 is 30.7 Å². The first-order valence-corrected chi connectivity index (χ1v) is 11.5. The van der Waals surface area contributed by atoms with Crippen LogP contribution in [0.2, 0.25) is 0 Å². The molecule has 4 heterocycles. The largest absolute Gasteiger partial charge is 0.469 e. The summed E-state index contributed by atoms with van der Waals surface area (Å²) in [4.78, 5) is 26.2. The fourth-order valence-electron chi connectivity index (χ4n) is 3.77. The molecule has 0 unspecified atom stereocenters. The van der Waals surface area contributed by atoms with Crippen LogP contribution >= 0.6 is 0 Å². The number of nitrogens with zero attached hydrogens (tertiary/aromatic N) is 3. The van der Waals surface area contributed by atoms with Gasteiger partial charge in [-0.1, -0.05) is 18.2 Å². The first-order chi connectivity index (χ1) is 17.2. The monoisotopic (exact) mass is 473 g/mol. The molecule has 1 saturated heterocycles. The number of rotatable bonds is 9. The minimum absolute atomic E-state index is 0.000226. The van der Waals surface area contributed by atoms with Crippen molar-refractivity contribution in [2.75, 3.05) is 36.9 Å². The summed E-state index contributed by atoms with van der Waals surface area (Å²) in [5, 5.41) is 12.5. The maximum absolute atomic E-state index is 12.7. The number of amides is 1. The van der Waals surface area contributed by atoms with Crippen molar-refractivity contribution in [3.05, 3.63) is 71.9 Å². The SMILES string of the molecule is C=CCNC(=O)c1cnc(Nc2ccc3c(c2)CCNC3)nc1Nc1cccc(OC2COC2)n1. The highest BCUT2D eigenvalue weighted by atomic mass is 16.6. The number of pyridine rings is 1. The lowest BCUT2D eigenvalue weighted by Crippen LogP contribution is -2.38. The molecule has 0 aliphatic carbocycles. The second kappa shape index (κ2) is 10.5. The molecule has 5 rings (SSSR count). The summed E-state index contributed by atoms with van der Waals surface area (Å²) in [6.45, 7) is 6.90. The fraction of sp³-hybridized carbons (Fsp3) is 0.280. The second-order valence-corrected chi connectivity index (χ2v) is 8.25. The lowest BCUT2D eigenvalue weighted by Gasteiger charge is -2.26. The van der Waals surface area contributed by atoms with Crippen LogP contribution in [-0.2, 0) is 17.7 Å². The van der Waals surface area contributed by atoms with Crippen LogP contribution in [0.3, 0.4) is 0 Å². The Hall–Kier alpha value is -4.02. The summed E-state index contributed by atoms with van der Waals surface area (Å²) in [7, 11) is 0. The molecule has 1 amide bonds. The van der Waals surface area contributed by atoms with Crippen molar-refractivity contribution in [1.82, 2.24) is 25.6 Å². The minimum Gasteiger partial charge on any atom is -0.469 e. The van der Waals surface area contributed by atoms with Crippen molar-refractivity contribution in [3.63, 3.8) is 0 Å². The Morgan fingerprint density at radius 1 is 1.20 bits per heavy atom. The molecule has 0 bridgehead atoms. The van der Waals surface area contributed by atoms with Crippen LogP contribution in [0.25, 0.3) is 0 Å². The van der Waals surface area contributed by atoms with Gasteiger partial charge in [-0.2, -0.15) is 9.97 Å². The predicted octanol–water partition coefficient (Wildman–Crippen LogP) is 2.70. The topological polar surface area (TPSA) is 122 Å². The molecule has 3 aromatic rings. The number of anilines is 4. The molecule has 10 nitrogen and oxygen atoms in total. The summed E-state index contributed by atoms with van der Waals surface area (Å²) in [6.07, 6.45) is 4.07. The van der Waals surface area contributed by atoms with Crippen LogP contribution in [-0.4, -0.2) is 53.3 Å². The molecule has 1 fully saturated rings. The van der Waals surface area contributed by atoms with Crippen LogP contribution in [0.1, 0.15) is 21.5 Å². The molecule has 180 valence electrons. The van der Waals surface area contributed by atoms with E-state index in [0.717, 1.165) is 25.2 Å². The Bertz CT molecular complexity index is 1230. The van der Waals surface area contributed by atoms with E-state index < -0.39 is 0 Å². The number of hydrogen-bond donors (Lipinski definition) is 4. The molecule has 2 aliphatic rings. The quantitative estimate of drug-likeness (QED) is 0.348. The van der Waals surface area contributed by atoms with Gasteiger partial charge in [-0.05, 0) is 42.3 Å². The molecule has 10 heteroatoms. The Morgan fingerprint density at radius 3 is 2.94 bits per heavy atom. The number of carbonyl (C=O) groups is 1. The van der Waals surface area contributed by atoms with Crippen molar-refractivity contribution < 1.29 is 14.3 Å². The van der Waals surface area contributed by atoms with E-state index in [1.165, 1.54) is 17.3 Å². The van der Waals surface area contributed by atoms with Gasteiger partial charge in [0.25, 0.3) is 5.91 Å². The average molecular weight is 474 g/mol. The highest BCUT2D eigenvalue weighted by molar-refractivity contribution is 5.99. The molecule has 1 aromatic carbocycles. The van der Waals surface area contributed by atoms with Gasteiger partial charge in [0, 0.05) is 31.0 Å². The highest BCUT2D eigenvalue weighted by Crippen LogP contribution is 2.24. The molecular weight excluding hydrogens is 446 g/mol. The first-order valence-electron chi connectivity index (χ1n) is 11.5. The lowest BCUT2D eigenvalue weighted by atomic mass is 10.0. The zero-order valence-electron chi connectivity index (χ0n) is 19.2. The van der Waals surface area contributed by atoms with Crippen LogP contribution < -0.4 is 26.0 Å². The van der Waals surface area contributed by atoms with Crippen LogP contribution in [0.4, 0.5) is 23.3 Å². The van der Waals surface area contributed by atoms with Crippen molar-refractivity contribution in [2.24, 2.45) is 0 Å². The molecule has 0 radical (unpaired) electrons. The Balaban J connectivity index is 1.39. The Morgan fingerprint density at radius 2 is 2.11 bits per heavy atom. The van der Waals surface area contributed by atoms with Gasteiger partial charge in [0.15, 0.2) is 0 Å². The molecule has 2 aromatic heterocycles. The lowest BCUT2D eigenvalue weighted by molar-refractivity contribution is -0.0812. The number of benzene rings is 1. The van der Waals surface area contributed by atoms with Crippen molar-refractivity contribution in [3.8, 4) is 5.88 Å². The number of aromatic nitrogens is 3. The van der Waals surface area contributed by atoms with Gasteiger partial charge in [0.2, 0.25) is 11.8 Å². The first kappa shape index (κ1) is 22.8. The predicted molar refractivity (Wildman–Crippen MR) is 132 cm³/mol. The standard InChI is InChI=1S/C25H27N7O3/c1-2-9-27-24(33)20-13-28-25(29-18-7-6-17-12-26-10-8-16(17)11-18)32-23(20)31-21-4-3-5-22(30-21)35-19-14-34-15-19/h2-7,11,13,19,26H,1,8-10,12,14-15H2,(H,27,33)(H2,28,29,30,31,32). The van der Waals surface area contributed by atoms with Crippen LogP contribution in [0.5, 0.6) is 5.88 Å². The summed E-state index contributed by atoms with van der Waals surface area (Å²) in [5.74, 6) is 1.33. The van der Waals surface area contributed by atoms with E-state index in [1.54, 1.807) is 18.2 Å². The maximum atomic E-state index is 12.7. The van der Waals surface area contributed by atoms with E-state index in [2.05, 4.69) is 54.9 Å². The molecule has 4 N–H and O–H groups in total. The summed E-state index contributed by atoms with van der Waals surface area (Å²) in [6, 6.07) is 11.6. The van der Waals surface area contributed by atoms with Gasteiger partial charge >= 0.3 is 0 Å². The minimum atomic E-state index is -0.320. The second-order valence-electron chi connectivity index (χ2n) is 8.25. The zero-order valence-corrected chi connectivity index (χ0v) is 19.2. The molecule has 0 saturated carbocycles. The van der Waals surface area contributed by atoms with E-state index >= 15 is 0 Å². The van der Waals surface area contributed by atoms with Crippen molar-refractivity contribution in [1.29, 1.82) is 0 Å². The van der Waals surface area contributed by atoms with E-state index in [1.807, 2.05) is 12.1 Å². The van der Waals surface area contributed by atoms with E-state index in [0.29, 0.717) is 43.2 Å². The van der Waals surface area contributed by atoms with E-state index in [-0.39, 0.29) is 17.6 Å². The zero-order chi connectivity index (χ0) is 24.0. The van der Waals surface area contributed by atoms with Gasteiger partial charge in [0.05, 0.1) is 13.2 Å². The molecule has 0 atom stereocenters. The summed E-state index contributed by atoms with van der Waals surface area (Å²) in [5.41, 5.74) is 3.76. The number of carbonyl (C=O) groups excluding carboxylic acids is 1. The third-order valence-corrected chi connectivity index (χ3v) is 5.65. The maximum Gasteiger partial charge on any atom is 0.256 e. The summed E-state index contributed by atoms with van der Waals surface area (Å²) < 4.78 is 10.9. The molecule has 2 aliphatic heterocycles. The number of hydrogen-bond acceptors (Lipinski definition) is 9.